The molecule has 1 saturated carbocycles. The van der Waals surface area contributed by atoms with E-state index in [1.165, 1.54) is 0 Å². The van der Waals surface area contributed by atoms with Gasteiger partial charge in [-0.15, -0.1) is 0 Å². The number of pyridine rings is 1. The second-order valence-electron chi connectivity index (χ2n) is 7.54. The number of aliphatic hydroxyl groups excluding tert-OH is 1. The van der Waals surface area contributed by atoms with E-state index in [4.69, 9.17) is 16.6 Å². The second kappa shape index (κ2) is 8.05. The number of nitrogens with zero attached hydrogens (tertiary/aromatic N) is 3. The summed E-state index contributed by atoms with van der Waals surface area (Å²) in [7, 11) is 0. The third-order valence-electron chi connectivity index (χ3n) is 5.56. The zero-order valence-corrected chi connectivity index (χ0v) is 16.7. The van der Waals surface area contributed by atoms with Gasteiger partial charge in [-0.05, 0) is 49.6 Å². The van der Waals surface area contributed by atoms with Crippen LogP contribution in [0.15, 0.2) is 29.2 Å². The quantitative estimate of drug-likeness (QED) is 0.493. The minimum Gasteiger partial charge on any atom is -0.393 e. The van der Waals surface area contributed by atoms with Crippen LogP contribution >= 0.6 is 11.6 Å². The maximum Gasteiger partial charge on any atom is 0.260 e. The molecule has 1 aliphatic carbocycles. The Morgan fingerprint density at radius 3 is 2.75 bits per heavy atom. The topological polar surface area (TPSA) is 80.0 Å². The number of fused-ring (bicyclic) bond motifs is 3. The minimum absolute atomic E-state index is 0.0140. The van der Waals surface area contributed by atoms with E-state index in [2.05, 4.69) is 17.2 Å². The fourth-order valence-electron chi connectivity index (χ4n) is 4.02. The molecule has 1 aromatic carbocycles. The molecule has 6 nitrogen and oxygen atoms in total. The van der Waals surface area contributed by atoms with Gasteiger partial charge in [-0.2, -0.15) is 4.98 Å². The van der Waals surface area contributed by atoms with Gasteiger partial charge in [0.1, 0.15) is 5.65 Å². The zero-order valence-electron chi connectivity index (χ0n) is 16.0. The number of aliphatic hydroxyl groups is 1. The Balaban J connectivity index is 1.92. The molecule has 2 heterocycles. The first kappa shape index (κ1) is 19.2. The maximum absolute atomic E-state index is 13.4. The third-order valence-corrected chi connectivity index (χ3v) is 5.80. The van der Waals surface area contributed by atoms with Gasteiger partial charge in [0, 0.05) is 34.6 Å². The van der Waals surface area contributed by atoms with Crippen molar-refractivity contribution in [3.8, 4) is 0 Å². The zero-order chi connectivity index (χ0) is 19.7. The number of benzene rings is 1. The molecule has 1 aliphatic rings. The van der Waals surface area contributed by atoms with Crippen LogP contribution in [0.2, 0.25) is 5.02 Å². The Morgan fingerprint density at radius 2 is 2.00 bits per heavy atom. The Kier molecular flexibility index (Phi) is 5.51. The highest BCUT2D eigenvalue weighted by molar-refractivity contribution is 6.31. The van der Waals surface area contributed by atoms with Crippen molar-refractivity contribution < 1.29 is 5.11 Å². The lowest BCUT2D eigenvalue weighted by molar-refractivity contribution is 0.111. The molecule has 0 spiro atoms. The van der Waals surface area contributed by atoms with Gasteiger partial charge in [-0.1, -0.05) is 31.0 Å². The molecule has 0 saturated heterocycles. The predicted molar refractivity (Wildman–Crippen MR) is 113 cm³/mol. The molecule has 7 heteroatoms. The van der Waals surface area contributed by atoms with Crippen molar-refractivity contribution in [1.29, 1.82) is 0 Å². The van der Waals surface area contributed by atoms with Crippen molar-refractivity contribution >= 4 is 39.4 Å². The lowest BCUT2D eigenvalue weighted by atomic mass is 9.92. The second-order valence-corrected chi connectivity index (χ2v) is 7.98. The van der Waals surface area contributed by atoms with Crippen molar-refractivity contribution in [2.75, 3.05) is 11.9 Å². The summed E-state index contributed by atoms with van der Waals surface area (Å²) in [6, 6.07) is 5.39. The molecule has 3 aromatic rings. The summed E-state index contributed by atoms with van der Waals surface area (Å²) in [4.78, 5) is 22.6. The normalized spacial score (nSPS) is 20.0. The maximum atomic E-state index is 13.4. The van der Waals surface area contributed by atoms with Crippen LogP contribution in [-0.4, -0.2) is 32.3 Å². The smallest absolute Gasteiger partial charge is 0.260 e. The fourth-order valence-corrected chi connectivity index (χ4v) is 4.19. The average Bonchev–Trinajstić information content (AvgIpc) is 2.70. The highest BCUT2D eigenvalue weighted by Gasteiger charge is 2.25. The Labute approximate surface area is 168 Å². The number of aromatic nitrogens is 3. The van der Waals surface area contributed by atoms with Crippen molar-refractivity contribution in [3.05, 3.63) is 39.8 Å². The summed E-state index contributed by atoms with van der Waals surface area (Å²) >= 11 is 6.17. The summed E-state index contributed by atoms with van der Waals surface area (Å²) in [6.07, 6.45) is 6.52. The Bertz CT molecular complexity index is 1060. The minimum atomic E-state index is -0.283. The largest absolute Gasteiger partial charge is 0.393 e. The average molecular weight is 401 g/mol. The van der Waals surface area contributed by atoms with E-state index in [1.807, 2.05) is 6.07 Å². The molecule has 0 unspecified atom stereocenters. The van der Waals surface area contributed by atoms with Gasteiger partial charge in [-0.3, -0.25) is 9.36 Å². The van der Waals surface area contributed by atoms with Gasteiger partial charge in [0.05, 0.1) is 6.10 Å². The van der Waals surface area contributed by atoms with Crippen molar-refractivity contribution in [2.45, 2.75) is 57.6 Å². The molecular weight excluding hydrogens is 376 g/mol. The van der Waals surface area contributed by atoms with Crippen LogP contribution in [0.25, 0.3) is 21.8 Å². The number of nitrogens with one attached hydrogen (secondary N) is 1. The van der Waals surface area contributed by atoms with Crippen LogP contribution in [0.5, 0.6) is 0 Å². The van der Waals surface area contributed by atoms with E-state index in [0.717, 1.165) is 43.0 Å². The van der Waals surface area contributed by atoms with Crippen LogP contribution in [0.3, 0.4) is 0 Å². The number of unbranched alkanes of at least 4 members (excludes halogenated alkanes) is 1. The van der Waals surface area contributed by atoms with Gasteiger partial charge in [0.15, 0.2) is 0 Å². The molecule has 2 aromatic heterocycles. The Morgan fingerprint density at radius 1 is 1.21 bits per heavy atom. The van der Waals surface area contributed by atoms with E-state index in [0.29, 0.717) is 34.8 Å². The van der Waals surface area contributed by atoms with Gasteiger partial charge in [-0.25, -0.2) is 4.98 Å². The third kappa shape index (κ3) is 3.59. The van der Waals surface area contributed by atoms with Crippen molar-refractivity contribution in [2.24, 2.45) is 0 Å². The van der Waals surface area contributed by atoms with Crippen LogP contribution in [0.1, 0.15) is 51.5 Å². The number of rotatable bonds is 5. The molecule has 0 aliphatic heterocycles. The lowest BCUT2D eigenvalue weighted by Gasteiger charge is -2.28. The summed E-state index contributed by atoms with van der Waals surface area (Å²) in [5.41, 5.74) is 0.569. The highest BCUT2D eigenvalue weighted by Crippen LogP contribution is 2.32. The first-order valence-electron chi connectivity index (χ1n) is 10.0. The number of halogens is 1. The van der Waals surface area contributed by atoms with Crippen LogP contribution in [-0.2, 0) is 0 Å². The molecule has 2 N–H and O–H groups in total. The summed E-state index contributed by atoms with van der Waals surface area (Å²) in [5, 5.41) is 15.9. The van der Waals surface area contributed by atoms with Crippen LogP contribution < -0.4 is 10.9 Å². The number of hydrogen-bond acceptors (Lipinski definition) is 5. The van der Waals surface area contributed by atoms with Crippen LogP contribution in [0.4, 0.5) is 5.95 Å². The molecule has 0 bridgehead atoms. The number of hydrogen-bond donors (Lipinski definition) is 2. The van der Waals surface area contributed by atoms with Gasteiger partial charge in [0.25, 0.3) is 5.56 Å². The van der Waals surface area contributed by atoms with Gasteiger partial charge < -0.3 is 10.4 Å². The van der Waals surface area contributed by atoms with E-state index in [1.54, 1.807) is 22.9 Å². The highest BCUT2D eigenvalue weighted by atomic mass is 35.5. The van der Waals surface area contributed by atoms with E-state index in [9.17, 15) is 9.90 Å². The standard InChI is InChI=1S/C21H25ClN4O2/c1-2-3-10-23-21-24-12-18-16-9-4-13(22)11-17(16)20(28)26(19(18)25-21)14-5-7-15(27)8-6-14/h4,9,11-12,14-15,27H,2-3,5-8,10H2,1H3,(H,23,24,25)/t14-,15-. The molecule has 28 heavy (non-hydrogen) atoms. The summed E-state index contributed by atoms with van der Waals surface area (Å²) < 4.78 is 1.80. The summed E-state index contributed by atoms with van der Waals surface area (Å²) in [6.45, 7) is 2.93. The first-order valence-corrected chi connectivity index (χ1v) is 10.4. The van der Waals surface area contributed by atoms with Gasteiger partial charge in [0.2, 0.25) is 5.95 Å². The molecule has 0 amide bonds. The molecule has 4 rings (SSSR count). The number of anilines is 1. The van der Waals surface area contributed by atoms with E-state index >= 15 is 0 Å². The molecule has 0 radical (unpaired) electrons. The lowest BCUT2D eigenvalue weighted by Crippen LogP contribution is -2.30. The van der Waals surface area contributed by atoms with Crippen molar-refractivity contribution in [1.82, 2.24) is 14.5 Å². The Hall–Kier alpha value is -2.18. The SMILES string of the molecule is CCCCNc1ncc2c3ccc(Cl)cc3c(=O)n([C@H]3CC[C@H](O)CC3)c2n1. The molecule has 0 atom stereocenters. The molecule has 148 valence electrons. The molecule has 1 fully saturated rings. The van der Waals surface area contributed by atoms with Crippen molar-refractivity contribution in [3.63, 3.8) is 0 Å². The first-order chi connectivity index (χ1) is 13.6. The monoisotopic (exact) mass is 400 g/mol. The van der Waals surface area contributed by atoms with E-state index in [-0.39, 0.29) is 17.7 Å². The predicted octanol–water partition coefficient (Wildman–Crippen LogP) is 4.29. The van der Waals surface area contributed by atoms with Gasteiger partial charge >= 0.3 is 0 Å². The van der Waals surface area contributed by atoms with E-state index < -0.39 is 0 Å². The molecular formula is C21H25ClN4O2. The summed E-state index contributed by atoms with van der Waals surface area (Å²) in [5.74, 6) is 0.540. The fraction of sp³-hybridized carbons (Fsp3) is 0.476. The van der Waals surface area contributed by atoms with Crippen LogP contribution in [0, 0.1) is 0 Å².